The molecule has 0 aliphatic carbocycles. The summed E-state index contributed by atoms with van der Waals surface area (Å²) in [6, 6.07) is -0.818. The van der Waals surface area contributed by atoms with Gasteiger partial charge in [-0.05, 0) is 34.5 Å². The van der Waals surface area contributed by atoms with E-state index in [4.69, 9.17) is 5.11 Å². The Kier molecular flexibility index (Phi) is 7.08. The number of nitrogens with zero attached hydrogens (tertiary/aromatic N) is 2. The van der Waals surface area contributed by atoms with E-state index < -0.39 is 12.0 Å². The number of nitrogens with one attached hydrogen (secondary N) is 1. The lowest BCUT2D eigenvalue weighted by Crippen LogP contribution is -2.36. The van der Waals surface area contributed by atoms with Crippen LogP contribution in [0.5, 0.6) is 0 Å². The van der Waals surface area contributed by atoms with E-state index in [9.17, 15) is 9.59 Å². The van der Waals surface area contributed by atoms with Crippen molar-refractivity contribution in [1.82, 2.24) is 15.1 Å². The molecule has 0 saturated heterocycles. The number of hydrogen-bond acceptors (Lipinski definition) is 4. The van der Waals surface area contributed by atoms with Crippen molar-refractivity contribution in [1.29, 1.82) is 0 Å². The molecule has 0 bridgehead atoms. The summed E-state index contributed by atoms with van der Waals surface area (Å²) < 4.78 is 2.87. The van der Waals surface area contributed by atoms with Gasteiger partial charge in [-0.15, -0.1) is 0 Å². The Bertz CT molecular complexity index is 479. The molecular weight excluding hydrogens is 346 g/mol. The molecule has 0 saturated carbocycles. The Morgan fingerprint density at radius 1 is 1.65 bits per heavy atom. The normalized spacial score (nSPS) is 12.2. The van der Waals surface area contributed by atoms with Crippen molar-refractivity contribution in [3.05, 3.63) is 15.9 Å². The van der Waals surface area contributed by atoms with Crippen molar-refractivity contribution >= 4 is 40.1 Å². The highest BCUT2D eigenvalue weighted by atomic mass is 79.9. The number of carboxylic acids is 1. The monoisotopic (exact) mass is 363 g/mol. The molecule has 20 heavy (non-hydrogen) atoms. The maximum absolute atomic E-state index is 10.9. The standard InChI is InChI=1S/C12H18BrN3O3S/c1-3-8-11(13)10(16(2)15-8)6-20-5-4-9(12(18)19)14-7-17/h7,9H,3-6H2,1-2H3,(H,14,17)(H,18,19). The van der Waals surface area contributed by atoms with Gasteiger partial charge in [-0.3, -0.25) is 9.48 Å². The first-order valence-corrected chi connectivity index (χ1v) is 8.16. The first-order valence-electron chi connectivity index (χ1n) is 6.21. The lowest BCUT2D eigenvalue weighted by Gasteiger charge is -2.10. The average molecular weight is 364 g/mol. The van der Waals surface area contributed by atoms with Gasteiger partial charge in [-0.2, -0.15) is 16.9 Å². The highest BCUT2D eigenvalue weighted by molar-refractivity contribution is 9.10. The van der Waals surface area contributed by atoms with Gasteiger partial charge in [0.25, 0.3) is 0 Å². The van der Waals surface area contributed by atoms with E-state index in [2.05, 4.69) is 26.3 Å². The summed E-state index contributed by atoms with van der Waals surface area (Å²) in [6.07, 6.45) is 1.69. The van der Waals surface area contributed by atoms with Crippen LogP contribution in [0.1, 0.15) is 24.7 Å². The second-order valence-corrected chi connectivity index (χ2v) is 6.10. The first kappa shape index (κ1) is 17.0. The number of carbonyl (C=O) groups excluding carboxylic acids is 1. The van der Waals surface area contributed by atoms with Crippen LogP contribution in [0, 0.1) is 0 Å². The molecule has 1 atom stereocenters. The summed E-state index contributed by atoms with van der Waals surface area (Å²) in [7, 11) is 1.90. The van der Waals surface area contributed by atoms with Gasteiger partial charge in [0.2, 0.25) is 6.41 Å². The zero-order valence-electron chi connectivity index (χ0n) is 11.4. The molecule has 112 valence electrons. The van der Waals surface area contributed by atoms with Crippen molar-refractivity contribution in [3.63, 3.8) is 0 Å². The molecule has 0 radical (unpaired) electrons. The van der Waals surface area contributed by atoms with Crippen LogP contribution in [0.3, 0.4) is 0 Å². The highest BCUT2D eigenvalue weighted by Gasteiger charge is 2.16. The summed E-state index contributed by atoms with van der Waals surface area (Å²) in [6.45, 7) is 2.05. The van der Waals surface area contributed by atoms with Crippen LogP contribution in [-0.4, -0.2) is 39.1 Å². The Hall–Kier alpha value is -1.02. The number of thioether (sulfide) groups is 1. The van der Waals surface area contributed by atoms with E-state index >= 15 is 0 Å². The van der Waals surface area contributed by atoms with Crippen LogP contribution in [0.4, 0.5) is 0 Å². The fourth-order valence-corrected chi connectivity index (χ4v) is 3.72. The fraction of sp³-hybridized carbons (Fsp3) is 0.583. The average Bonchev–Trinajstić information content (AvgIpc) is 2.68. The number of rotatable bonds is 9. The van der Waals surface area contributed by atoms with E-state index in [1.54, 1.807) is 11.8 Å². The molecule has 1 heterocycles. The predicted molar refractivity (Wildman–Crippen MR) is 81.7 cm³/mol. The van der Waals surface area contributed by atoms with Gasteiger partial charge >= 0.3 is 5.97 Å². The Labute approximate surface area is 130 Å². The number of aromatic nitrogens is 2. The molecule has 1 aromatic rings. The molecule has 1 rings (SSSR count). The minimum atomic E-state index is -1.01. The van der Waals surface area contributed by atoms with Crippen molar-refractivity contribution in [2.45, 2.75) is 31.6 Å². The van der Waals surface area contributed by atoms with Gasteiger partial charge in [0, 0.05) is 12.8 Å². The molecule has 0 spiro atoms. The van der Waals surface area contributed by atoms with Crippen LogP contribution in [0.15, 0.2) is 4.47 Å². The molecular formula is C12H18BrN3O3S. The quantitative estimate of drug-likeness (QED) is 0.513. The molecule has 1 amide bonds. The van der Waals surface area contributed by atoms with Crippen LogP contribution < -0.4 is 5.32 Å². The minimum absolute atomic E-state index is 0.398. The number of hydrogen-bond donors (Lipinski definition) is 2. The SMILES string of the molecule is CCc1nn(C)c(CSCCC(NC=O)C(=O)O)c1Br. The molecule has 0 aromatic carbocycles. The van der Waals surface area contributed by atoms with Gasteiger partial charge in [0.15, 0.2) is 0 Å². The van der Waals surface area contributed by atoms with E-state index in [0.29, 0.717) is 18.6 Å². The Morgan fingerprint density at radius 2 is 2.35 bits per heavy atom. The van der Waals surface area contributed by atoms with Crippen LogP contribution in [-0.2, 0) is 28.8 Å². The summed E-state index contributed by atoms with van der Waals surface area (Å²) in [4.78, 5) is 21.2. The maximum atomic E-state index is 10.9. The number of carbonyl (C=O) groups is 2. The molecule has 1 unspecified atom stereocenters. The van der Waals surface area contributed by atoms with Crippen LogP contribution in [0.25, 0.3) is 0 Å². The largest absolute Gasteiger partial charge is 0.480 e. The molecule has 2 N–H and O–H groups in total. The van der Waals surface area contributed by atoms with Crippen LogP contribution >= 0.6 is 27.7 Å². The molecule has 1 aromatic heterocycles. The second kappa shape index (κ2) is 8.31. The number of halogens is 1. The van der Waals surface area contributed by atoms with Crippen molar-refractivity contribution in [2.75, 3.05) is 5.75 Å². The smallest absolute Gasteiger partial charge is 0.326 e. The van der Waals surface area contributed by atoms with E-state index in [-0.39, 0.29) is 0 Å². The fourth-order valence-electron chi connectivity index (χ4n) is 1.71. The maximum Gasteiger partial charge on any atom is 0.326 e. The minimum Gasteiger partial charge on any atom is -0.480 e. The molecule has 0 aliphatic heterocycles. The van der Waals surface area contributed by atoms with Gasteiger partial charge in [0.05, 0.1) is 15.9 Å². The third-order valence-corrected chi connectivity index (χ3v) is 4.78. The lowest BCUT2D eigenvalue weighted by atomic mass is 10.2. The summed E-state index contributed by atoms with van der Waals surface area (Å²) in [5.41, 5.74) is 2.11. The van der Waals surface area contributed by atoms with Gasteiger partial charge in [0.1, 0.15) is 6.04 Å². The number of aliphatic carboxylic acids is 1. The van der Waals surface area contributed by atoms with E-state index in [1.165, 1.54) is 0 Å². The molecule has 8 heteroatoms. The van der Waals surface area contributed by atoms with E-state index in [1.807, 2.05) is 18.7 Å². The zero-order valence-corrected chi connectivity index (χ0v) is 13.8. The van der Waals surface area contributed by atoms with E-state index in [0.717, 1.165) is 28.0 Å². The molecule has 0 aliphatic rings. The molecule has 6 nitrogen and oxygen atoms in total. The summed E-state index contributed by atoms with van der Waals surface area (Å²) >= 11 is 5.16. The van der Waals surface area contributed by atoms with Crippen molar-refractivity contribution in [3.8, 4) is 0 Å². The summed E-state index contributed by atoms with van der Waals surface area (Å²) in [5, 5.41) is 15.6. The third kappa shape index (κ3) is 4.52. The third-order valence-electron chi connectivity index (χ3n) is 2.86. The Balaban J connectivity index is 2.46. The van der Waals surface area contributed by atoms with Crippen molar-refractivity contribution < 1.29 is 14.7 Å². The van der Waals surface area contributed by atoms with Crippen molar-refractivity contribution in [2.24, 2.45) is 7.05 Å². The zero-order chi connectivity index (χ0) is 15.1. The number of carboxylic acid groups (broad SMARTS) is 1. The lowest BCUT2D eigenvalue weighted by molar-refractivity contribution is -0.140. The number of amides is 1. The summed E-state index contributed by atoms with van der Waals surface area (Å²) in [5.74, 6) is 0.390. The molecule has 0 fully saturated rings. The first-order chi connectivity index (χ1) is 9.51. The number of aryl methyl sites for hydroxylation is 2. The topological polar surface area (TPSA) is 84.2 Å². The van der Waals surface area contributed by atoms with Gasteiger partial charge in [-0.25, -0.2) is 4.79 Å². The van der Waals surface area contributed by atoms with Gasteiger partial charge < -0.3 is 10.4 Å². The Morgan fingerprint density at radius 3 is 2.85 bits per heavy atom. The predicted octanol–water partition coefficient (Wildman–Crippen LogP) is 1.57. The highest BCUT2D eigenvalue weighted by Crippen LogP contribution is 2.25. The second-order valence-electron chi connectivity index (χ2n) is 4.20. The van der Waals surface area contributed by atoms with Crippen LogP contribution in [0.2, 0.25) is 0 Å². The van der Waals surface area contributed by atoms with Gasteiger partial charge in [-0.1, -0.05) is 6.92 Å².